The van der Waals surface area contributed by atoms with E-state index >= 15 is 0 Å². The zero-order valence-electron chi connectivity index (χ0n) is 18.0. The maximum Gasteiger partial charge on any atom is 0.324 e. The smallest absolute Gasteiger partial charge is 0.322 e. The van der Waals surface area contributed by atoms with E-state index in [-0.39, 0.29) is 17.5 Å². The summed E-state index contributed by atoms with van der Waals surface area (Å²) >= 11 is 0. The van der Waals surface area contributed by atoms with E-state index in [1.54, 1.807) is 17.0 Å². The van der Waals surface area contributed by atoms with Gasteiger partial charge in [0.1, 0.15) is 0 Å². The van der Waals surface area contributed by atoms with E-state index in [4.69, 9.17) is 5.84 Å². The number of carbonyl (C=O) groups is 2. The molecule has 0 radical (unpaired) electrons. The van der Waals surface area contributed by atoms with E-state index in [9.17, 15) is 9.59 Å². The molecule has 1 saturated heterocycles. The van der Waals surface area contributed by atoms with Crippen molar-refractivity contribution in [1.29, 1.82) is 0 Å². The highest BCUT2D eigenvalue weighted by Gasteiger charge is 2.30. The molecule has 1 aliphatic rings. The minimum atomic E-state index is -0.339. The van der Waals surface area contributed by atoms with Crippen molar-refractivity contribution in [3.8, 4) is 0 Å². The number of nitrogen functional groups attached to an aromatic ring is 1. The molecule has 3 rings (SSSR count). The molecule has 0 aliphatic carbocycles. The number of urea groups is 1. The predicted molar refractivity (Wildman–Crippen MR) is 119 cm³/mol. The molecule has 30 heavy (non-hydrogen) atoms. The maximum atomic E-state index is 13.4. The summed E-state index contributed by atoms with van der Waals surface area (Å²) in [5.74, 6) is 4.86. The van der Waals surface area contributed by atoms with Crippen molar-refractivity contribution in [1.82, 2.24) is 15.2 Å². The number of nitrogens with two attached hydrogens (primary N) is 1. The third-order valence-corrected chi connectivity index (χ3v) is 5.49. The molecule has 2 aromatic rings. The molecule has 0 atom stereocenters. The predicted octanol–water partition coefficient (Wildman–Crippen LogP) is 2.83. The Bertz CT molecular complexity index is 853. The van der Waals surface area contributed by atoms with Gasteiger partial charge in [0.25, 0.3) is 5.91 Å². The van der Waals surface area contributed by atoms with Gasteiger partial charge in [0.05, 0.1) is 6.54 Å². The molecule has 2 aromatic carbocycles. The molecule has 0 unspecified atom stereocenters. The number of nitrogens with zero attached hydrogens (tertiary/aromatic N) is 3. The van der Waals surface area contributed by atoms with Gasteiger partial charge in [-0.15, -0.1) is 0 Å². The molecule has 7 heteroatoms. The van der Waals surface area contributed by atoms with Gasteiger partial charge in [-0.05, 0) is 50.6 Å². The number of rotatable bonds is 4. The van der Waals surface area contributed by atoms with Crippen molar-refractivity contribution < 1.29 is 9.59 Å². The Morgan fingerprint density at radius 3 is 2.10 bits per heavy atom. The highest BCUT2D eigenvalue weighted by molar-refractivity contribution is 5.94. The summed E-state index contributed by atoms with van der Waals surface area (Å²) in [6, 6.07) is 16.8. The third-order valence-electron chi connectivity index (χ3n) is 5.49. The molecule has 0 spiro atoms. The van der Waals surface area contributed by atoms with E-state index in [2.05, 4.69) is 31.1 Å². The van der Waals surface area contributed by atoms with Crippen molar-refractivity contribution in [3.05, 3.63) is 65.7 Å². The average Bonchev–Trinajstić information content (AvgIpc) is 2.77. The summed E-state index contributed by atoms with van der Waals surface area (Å²) in [5.41, 5.74) is 4.51. The fraction of sp³-hybridized carbons (Fsp3) is 0.391. The summed E-state index contributed by atoms with van der Waals surface area (Å²) in [5, 5.41) is 0. The lowest BCUT2D eigenvalue weighted by atomic mass is 10.1. The topological polar surface area (TPSA) is 81.9 Å². The van der Waals surface area contributed by atoms with E-state index < -0.39 is 0 Å². The van der Waals surface area contributed by atoms with Crippen molar-refractivity contribution in [3.63, 3.8) is 0 Å². The first kappa shape index (κ1) is 21.8. The van der Waals surface area contributed by atoms with Crippen LogP contribution in [0.3, 0.4) is 0 Å². The molecule has 0 saturated carbocycles. The van der Waals surface area contributed by atoms with Crippen LogP contribution >= 0.6 is 0 Å². The number of para-hydroxylation sites is 1. The van der Waals surface area contributed by atoms with Gasteiger partial charge in [0, 0.05) is 43.0 Å². The van der Waals surface area contributed by atoms with Gasteiger partial charge in [-0.2, -0.15) is 0 Å². The van der Waals surface area contributed by atoms with Gasteiger partial charge in [-0.1, -0.05) is 30.3 Å². The lowest BCUT2D eigenvalue weighted by Gasteiger charge is -2.43. The monoisotopic (exact) mass is 409 g/mol. The summed E-state index contributed by atoms with van der Waals surface area (Å²) in [4.78, 5) is 31.2. The Balaban J connectivity index is 1.77. The second-order valence-corrected chi connectivity index (χ2v) is 8.52. The standard InChI is InChI=1S/C23H31N5O2/c1-23(2,3)27-15-13-26(14-16-27)22(30)28(20-7-5-4-6-8-20)17-18-9-11-19(12-10-18)21(29)25-24/h4-12H,13-17,24H2,1-3H3,(H,25,29). The fourth-order valence-corrected chi connectivity index (χ4v) is 3.64. The van der Waals surface area contributed by atoms with E-state index in [0.717, 1.165) is 24.3 Å². The van der Waals surface area contributed by atoms with Crippen LogP contribution in [0.4, 0.5) is 10.5 Å². The van der Waals surface area contributed by atoms with Crippen LogP contribution in [0.25, 0.3) is 0 Å². The Hall–Kier alpha value is -2.90. The van der Waals surface area contributed by atoms with E-state index in [1.165, 1.54) is 0 Å². The Morgan fingerprint density at radius 1 is 0.967 bits per heavy atom. The van der Waals surface area contributed by atoms with Gasteiger partial charge in [-0.25, -0.2) is 10.6 Å². The highest BCUT2D eigenvalue weighted by atomic mass is 16.2. The number of anilines is 1. The first-order valence-corrected chi connectivity index (χ1v) is 10.3. The first-order chi connectivity index (χ1) is 14.3. The minimum Gasteiger partial charge on any atom is -0.322 e. The van der Waals surface area contributed by atoms with E-state index in [1.807, 2.05) is 47.4 Å². The lowest BCUT2D eigenvalue weighted by molar-refractivity contribution is 0.0758. The molecule has 0 aromatic heterocycles. The van der Waals surface area contributed by atoms with Crippen LogP contribution in [0.5, 0.6) is 0 Å². The Morgan fingerprint density at radius 2 is 1.57 bits per heavy atom. The molecule has 160 valence electrons. The number of piperazine rings is 1. The Labute approximate surface area is 178 Å². The van der Waals surface area contributed by atoms with Crippen LogP contribution in [0, 0.1) is 0 Å². The molecular weight excluding hydrogens is 378 g/mol. The van der Waals surface area contributed by atoms with Crippen LogP contribution in [0.15, 0.2) is 54.6 Å². The number of benzene rings is 2. The van der Waals surface area contributed by atoms with Crippen molar-refractivity contribution in [2.24, 2.45) is 5.84 Å². The highest BCUT2D eigenvalue weighted by Crippen LogP contribution is 2.22. The lowest BCUT2D eigenvalue weighted by Crippen LogP contribution is -2.57. The SMILES string of the molecule is CC(C)(C)N1CCN(C(=O)N(Cc2ccc(C(=O)NN)cc2)c2ccccc2)CC1. The summed E-state index contributed by atoms with van der Waals surface area (Å²) in [7, 11) is 0. The molecule has 0 bridgehead atoms. The Kier molecular flexibility index (Phi) is 6.74. The summed E-state index contributed by atoms with van der Waals surface area (Å²) in [6.45, 7) is 10.2. The van der Waals surface area contributed by atoms with E-state index in [0.29, 0.717) is 25.2 Å². The molecule has 1 fully saturated rings. The second-order valence-electron chi connectivity index (χ2n) is 8.52. The van der Waals surface area contributed by atoms with Gasteiger partial charge >= 0.3 is 6.03 Å². The van der Waals surface area contributed by atoms with Crippen LogP contribution in [-0.4, -0.2) is 53.5 Å². The largest absolute Gasteiger partial charge is 0.324 e. The molecule has 1 heterocycles. The molecular formula is C23H31N5O2. The zero-order chi connectivity index (χ0) is 21.7. The quantitative estimate of drug-likeness (QED) is 0.462. The normalized spacial score (nSPS) is 15.0. The number of hydrazine groups is 1. The molecule has 3 amide bonds. The van der Waals surface area contributed by atoms with Crippen LogP contribution in [-0.2, 0) is 6.54 Å². The van der Waals surface area contributed by atoms with Crippen molar-refractivity contribution >= 4 is 17.6 Å². The molecule has 1 aliphatic heterocycles. The van der Waals surface area contributed by atoms with Crippen LogP contribution < -0.4 is 16.2 Å². The first-order valence-electron chi connectivity index (χ1n) is 10.3. The number of carbonyl (C=O) groups excluding carboxylic acids is 2. The maximum absolute atomic E-state index is 13.4. The molecule has 7 nitrogen and oxygen atoms in total. The molecule has 3 N–H and O–H groups in total. The van der Waals surface area contributed by atoms with Crippen LogP contribution in [0.1, 0.15) is 36.7 Å². The van der Waals surface area contributed by atoms with Gasteiger partial charge in [0.2, 0.25) is 0 Å². The average molecular weight is 410 g/mol. The van der Waals surface area contributed by atoms with Crippen molar-refractivity contribution in [2.45, 2.75) is 32.9 Å². The van der Waals surface area contributed by atoms with Gasteiger partial charge in [-0.3, -0.25) is 20.0 Å². The summed E-state index contributed by atoms with van der Waals surface area (Å²) in [6.07, 6.45) is 0. The second kappa shape index (κ2) is 9.28. The van der Waals surface area contributed by atoms with Gasteiger partial charge in [0.15, 0.2) is 0 Å². The number of hydrogen-bond donors (Lipinski definition) is 2. The number of amides is 3. The summed E-state index contributed by atoms with van der Waals surface area (Å²) < 4.78 is 0. The van der Waals surface area contributed by atoms with Crippen molar-refractivity contribution in [2.75, 3.05) is 31.1 Å². The van der Waals surface area contributed by atoms with Crippen LogP contribution in [0.2, 0.25) is 0 Å². The zero-order valence-corrected chi connectivity index (χ0v) is 18.0. The fourth-order valence-electron chi connectivity index (χ4n) is 3.64. The number of hydrogen-bond acceptors (Lipinski definition) is 4. The third kappa shape index (κ3) is 5.17. The van der Waals surface area contributed by atoms with Gasteiger partial charge < -0.3 is 4.90 Å². The minimum absolute atomic E-state index is 0.00135. The number of nitrogens with one attached hydrogen (secondary N) is 1.